The molecule has 0 aliphatic carbocycles. The number of thioether (sulfide) groups is 1. The summed E-state index contributed by atoms with van der Waals surface area (Å²) < 4.78 is 1.93. The molecule has 1 saturated heterocycles. The SMILES string of the molecule is Cc1ccc(NC(=O)CSc2nc3ccccc3n2CC(=O)N2C[C@H](C)C[C@H](C)C2)cc1Cl. The third-order valence-electron chi connectivity index (χ3n) is 5.92. The molecule has 1 aromatic heterocycles. The second kappa shape index (κ2) is 10.2. The van der Waals surface area contributed by atoms with Gasteiger partial charge < -0.3 is 14.8 Å². The monoisotopic (exact) mass is 484 g/mol. The van der Waals surface area contributed by atoms with Crippen molar-refractivity contribution in [3.63, 3.8) is 0 Å². The number of nitrogens with one attached hydrogen (secondary N) is 1. The van der Waals surface area contributed by atoms with Crippen molar-refractivity contribution in [2.45, 2.75) is 38.9 Å². The van der Waals surface area contributed by atoms with Crippen molar-refractivity contribution in [2.75, 3.05) is 24.2 Å². The molecular weight excluding hydrogens is 456 g/mol. The number of imidazole rings is 1. The van der Waals surface area contributed by atoms with Gasteiger partial charge in [0.25, 0.3) is 0 Å². The van der Waals surface area contributed by atoms with Gasteiger partial charge in [-0.2, -0.15) is 0 Å². The number of nitrogens with zero attached hydrogens (tertiary/aromatic N) is 3. The topological polar surface area (TPSA) is 67.2 Å². The quantitative estimate of drug-likeness (QED) is 0.486. The van der Waals surface area contributed by atoms with Crippen LogP contribution in [0.5, 0.6) is 0 Å². The Labute approximate surface area is 203 Å². The van der Waals surface area contributed by atoms with E-state index in [9.17, 15) is 9.59 Å². The average molecular weight is 485 g/mol. The summed E-state index contributed by atoms with van der Waals surface area (Å²) in [5, 5.41) is 4.16. The average Bonchev–Trinajstić information content (AvgIpc) is 3.11. The molecule has 0 bridgehead atoms. The van der Waals surface area contributed by atoms with Gasteiger partial charge in [0.15, 0.2) is 5.16 Å². The van der Waals surface area contributed by atoms with Gasteiger partial charge in [-0.15, -0.1) is 0 Å². The summed E-state index contributed by atoms with van der Waals surface area (Å²) in [6.45, 7) is 8.12. The fraction of sp³-hybridized carbons (Fsp3) is 0.400. The maximum Gasteiger partial charge on any atom is 0.242 e. The molecule has 0 spiro atoms. The van der Waals surface area contributed by atoms with Crippen molar-refractivity contribution in [1.82, 2.24) is 14.5 Å². The summed E-state index contributed by atoms with van der Waals surface area (Å²) in [6.07, 6.45) is 1.15. The first-order chi connectivity index (χ1) is 15.8. The van der Waals surface area contributed by atoms with E-state index in [0.29, 0.717) is 27.7 Å². The number of hydrogen-bond acceptors (Lipinski definition) is 4. The predicted octanol–water partition coefficient (Wildman–Crippen LogP) is 5.23. The normalized spacial score (nSPS) is 18.5. The molecule has 8 heteroatoms. The van der Waals surface area contributed by atoms with Crippen LogP contribution in [-0.4, -0.2) is 45.1 Å². The minimum absolute atomic E-state index is 0.0946. The van der Waals surface area contributed by atoms with Crippen LogP contribution in [0.4, 0.5) is 5.69 Å². The lowest BCUT2D eigenvalue weighted by Gasteiger charge is -2.35. The highest BCUT2D eigenvalue weighted by Gasteiger charge is 2.26. The Kier molecular flexibility index (Phi) is 7.29. The van der Waals surface area contributed by atoms with E-state index in [1.807, 2.05) is 52.8 Å². The van der Waals surface area contributed by atoms with E-state index < -0.39 is 0 Å². The second-order valence-electron chi connectivity index (χ2n) is 9.01. The molecule has 2 aromatic carbocycles. The number of halogens is 1. The summed E-state index contributed by atoms with van der Waals surface area (Å²) in [7, 11) is 0. The number of rotatable bonds is 6. The zero-order valence-electron chi connectivity index (χ0n) is 19.2. The number of para-hydroxylation sites is 2. The zero-order valence-corrected chi connectivity index (χ0v) is 20.7. The number of piperidine rings is 1. The van der Waals surface area contributed by atoms with Crippen molar-refractivity contribution in [2.24, 2.45) is 11.8 Å². The van der Waals surface area contributed by atoms with Crippen LogP contribution in [-0.2, 0) is 16.1 Å². The molecule has 6 nitrogen and oxygen atoms in total. The maximum absolute atomic E-state index is 13.2. The largest absolute Gasteiger partial charge is 0.341 e. The van der Waals surface area contributed by atoms with Crippen LogP contribution in [0.15, 0.2) is 47.6 Å². The number of anilines is 1. The Balaban J connectivity index is 1.48. The molecule has 1 aliphatic rings. The van der Waals surface area contributed by atoms with Gasteiger partial charge >= 0.3 is 0 Å². The van der Waals surface area contributed by atoms with Crippen LogP contribution in [0.25, 0.3) is 11.0 Å². The number of carbonyl (C=O) groups is 2. The first-order valence-corrected chi connectivity index (χ1v) is 12.6. The van der Waals surface area contributed by atoms with E-state index in [0.717, 1.165) is 36.1 Å². The molecule has 1 N–H and O–H groups in total. The van der Waals surface area contributed by atoms with E-state index in [4.69, 9.17) is 16.6 Å². The number of fused-ring (bicyclic) bond motifs is 1. The number of aryl methyl sites for hydroxylation is 1. The van der Waals surface area contributed by atoms with Gasteiger partial charge in [-0.25, -0.2) is 4.98 Å². The Morgan fingerprint density at radius 2 is 1.88 bits per heavy atom. The molecule has 2 atom stereocenters. The van der Waals surface area contributed by atoms with Crippen molar-refractivity contribution in [1.29, 1.82) is 0 Å². The molecule has 1 aliphatic heterocycles. The maximum atomic E-state index is 13.2. The molecule has 2 heterocycles. The van der Waals surface area contributed by atoms with E-state index in [1.165, 1.54) is 11.8 Å². The molecule has 174 valence electrons. The second-order valence-corrected chi connectivity index (χ2v) is 10.4. The summed E-state index contributed by atoms with van der Waals surface area (Å²) >= 11 is 7.49. The molecule has 0 unspecified atom stereocenters. The lowest BCUT2D eigenvalue weighted by molar-refractivity contribution is -0.134. The van der Waals surface area contributed by atoms with Crippen LogP contribution in [0.1, 0.15) is 25.8 Å². The number of aromatic nitrogens is 2. The van der Waals surface area contributed by atoms with Crippen molar-refractivity contribution in [3.05, 3.63) is 53.1 Å². The highest BCUT2D eigenvalue weighted by atomic mass is 35.5. The van der Waals surface area contributed by atoms with Gasteiger partial charge in [0.2, 0.25) is 11.8 Å². The van der Waals surface area contributed by atoms with Crippen molar-refractivity contribution >= 4 is 51.9 Å². The van der Waals surface area contributed by atoms with Gasteiger partial charge in [0, 0.05) is 23.8 Å². The van der Waals surface area contributed by atoms with Crippen molar-refractivity contribution < 1.29 is 9.59 Å². The van der Waals surface area contributed by atoms with E-state index >= 15 is 0 Å². The summed E-state index contributed by atoms with van der Waals surface area (Å²) in [5.74, 6) is 1.14. The zero-order chi connectivity index (χ0) is 23.5. The number of carbonyl (C=O) groups excluding carboxylic acids is 2. The molecular formula is C25H29ClN4O2S. The highest BCUT2D eigenvalue weighted by Crippen LogP contribution is 2.26. The van der Waals surface area contributed by atoms with Gasteiger partial charge in [0.1, 0.15) is 6.54 Å². The third-order valence-corrected chi connectivity index (χ3v) is 7.31. The smallest absolute Gasteiger partial charge is 0.242 e. The van der Waals surface area contributed by atoms with E-state index in [2.05, 4.69) is 19.2 Å². The number of amides is 2. The van der Waals surface area contributed by atoms with Gasteiger partial charge in [-0.05, 0) is 55.0 Å². The Morgan fingerprint density at radius 1 is 1.15 bits per heavy atom. The van der Waals surface area contributed by atoms with E-state index in [-0.39, 0.29) is 24.1 Å². The predicted molar refractivity (Wildman–Crippen MR) is 135 cm³/mol. The molecule has 0 saturated carbocycles. The summed E-state index contributed by atoms with van der Waals surface area (Å²) in [4.78, 5) is 32.4. The minimum Gasteiger partial charge on any atom is -0.341 e. The Morgan fingerprint density at radius 3 is 2.61 bits per heavy atom. The standard InChI is InChI=1S/C25H29ClN4O2S/c1-16-10-17(2)13-29(12-16)24(32)14-30-22-7-5-4-6-21(22)28-25(30)33-15-23(31)27-19-9-8-18(3)20(26)11-19/h4-9,11,16-17H,10,12-15H2,1-3H3,(H,27,31)/t16-,17+. The minimum atomic E-state index is -0.150. The number of benzene rings is 2. The number of likely N-dealkylation sites (tertiary alicyclic amines) is 1. The molecule has 2 amide bonds. The molecule has 3 aromatic rings. The van der Waals surface area contributed by atoms with Crippen LogP contribution >= 0.6 is 23.4 Å². The lowest BCUT2D eigenvalue weighted by atomic mass is 9.92. The first-order valence-electron chi connectivity index (χ1n) is 11.2. The summed E-state index contributed by atoms with van der Waals surface area (Å²) in [6, 6.07) is 13.2. The van der Waals surface area contributed by atoms with E-state index in [1.54, 1.807) is 6.07 Å². The van der Waals surface area contributed by atoms with Crippen LogP contribution in [0.3, 0.4) is 0 Å². The molecule has 33 heavy (non-hydrogen) atoms. The fourth-order valence-electron chi connectivity index (χ4n) is 4.42. The fourth-order valence-corrected chi connectivity index (χ4v) is 5.41. The molecule has 1 fully saturated rings. The molecule has 0 radical (unpaired) electrons. The van der Waals surface area contributed by atoms with Crippen LogP contribution in [0, 0.1) is 18.8 Å². The van der Waals surface area contributed by atoms with Gasteiger partial charge in [0.05, 0.1) is 16.8 Å². The first kappa shape index (κ1) is 23.6. The Hall–Kier alpha value is -2.51. The summed E-state index contributed by atoms with van der Waals surface area (Å²) in [5.41, 5.74) is 3.34. The number of hydrogen-bond donors (Lipinski definition) is 1. The lowest BCUT2D eigenvalue weighted by Crippen LogP contribution is -2.44. The van der Waals surface area contributed by atoms with Crippen molar-refractivity contribution in [3.8, 4) is 0 Å². The van der Waals surface area contributed by atoms with Gasteiger partial charge in [-0.3, -0.25) is 9.59 Å². The van der Waals surface area contributed by atoms with Crippen LogP contribution in [0.2, 0.25) is 5.02 Å². The highest BCUT2D eigenvalue weighted by molar-refractivity contribution is 7.99. The molecule has 4 rings (SSSR count). The van der Waals surface area contributed by atoms with Gasteiger partial charge in [-0.1, -0.05) is 55.4 Å². The Bertz CT molecular complexity index is 1170. The van der Waals surface area contributed by atoms with Crippen LogP contribution < -0.4 is 5.32 Å². The third kappa shape index (κ3) is 5.71.